The maximum absolute atomic E-state index is 12.9. The van der Waals surface area contributed by atoms with E-state index in [1.807, 2.05) is 20.8 Å². The Balaban J connectivity index is 1.45. The van der Waals surface area contributed by atoms with Crippen molar-refractivity contribution in [3.63, 3.8) is 0 Å². The molecule has 9 heteroatoms. The summed E-state index contributed by atoms with van der Waals surface area (Å²) in [4.78, 5) is 47.7. The number of fused-ring (bicyclic) bond motifs is 1. The van der Waals surface area contributed by atoms with E-state index in [2.05, 4.69) is 4.90 Å². The molecule has 3 amide bonds. The van der Waals surface area contributed by atoms with Crippen molar-refractivity contribution in [1.82, 2.24) is 14.9 Å². The molecule has 0 spiro atoms. The predicted molar refractivity (Wildman–Crippen MR) is 110 cm³/mol. The van der Waals surface area contributed by atoms with Crippen molar-refractivity contribution in [3.05, 3.63) is 35.4 Å². The van der Waals surface area contributed by atoms with Crippen molar-refractivity contribution < 1.29 is 28.7 Å². The molecule has 0 radical (unpaired) electrons. The predicted octanol–water partition coefficient (Wildman–Crippen LogP) is 1.92. The Hall–Kier alpha value is -2.49. The number of hydrogen-bond donors (Lipinski definition) is 0. The molecule has 31 heavy (non-hydrogen) atoms. The van der Waals surface area contributed by atoms with Crippen molar-refractivity contribution in [3.8, 4) is 0 Å². The van der Waals surface area contributed by atoms with Crippen LogP contribution in [-0.2, 0) is 14.3 Å². The Morgan fingerprint density at radius 1 is 1.10 bits per heavy atom. The van der Waals surface area contributed by atoms with Gasteiger partial charge < -0.3 is 14.4 Å². The summed E-state index contributed by atoms with van der Waals surface area (Å²) in [5.74, 6) is -0.959. The molecule has 4 rings (SSSR count). The number of rotatable bonds is 4. The van der Waals surface area contributed by atoms with E-state index in [9.17, 15) is 14.4 Å². The van der Waals surface area contributed by atoms with Crippen LogP contribution in [0.1, 0.15) is 47.9 Å². The molecular weight excluding hydrogens is 402 g/mol. The van der Waals surface area contributed by atoms with Crippen molar-refractivity contribution in [1.29, 1.82) is 0 Å². The molecule has 2 saturated heterocycles. The second kappa shape index (κ2) is 8.57. The van der Waals surface area contributed by atoms with Crippen molar-refractivity contribution in [2.45, 2.75) is 44.9 Å². The number of amides is 3. The maximum atomic E-state index is 12.9. The first-order valence-electron chi connectivity index (χ1n) is 10.7. The zero-order chi connectivity index (χ0) is 22.2. The van der Waals surface area contributed by atoms with Crippen LogP contribution in [0.5, 0.6) is 0 Å². The van der Waals surface area contributed by atoms with E-state index >= 15 is 0 Å². The lowest BCUT2D eigenvalue weighted by atomic mass is 10.1. The summed E-state index contributed by atoms with van der Waals surface area (Å²) in [6.07, 6.45) is 0.252. The van der Waals surface area contributed by atoms with Gasteiger partial charge in [-0.1, -0.05) is 12.1 Å². The van der Waals surface area contributed by atoms with Gasteiger partial charge in [-0.15, -0.1) is 5.06 Å². The van der Waals surface area contributed by atoms with E-state index in [0.29, 0.717) is 37.3 Å². The fourth-order valence-electron chi connectivity index (χ4n) is 4.25. The molecule has 0 N–H and O–H groups in total. The fourth-order valence-corrected chi connectivity index (χ4v) is 4.25. The Morgan fingerprint density at radius 2 is 1.71 bits per heavy atom. The van der Waals surface area contributed by atoms with Crippen LogP contribution >= 0.6 is 0 Å². The van der Waals surface area contributed by atoms with Gasteiger partial charge >= 0.3 is 6.09 Å². The molecule has 0 unspecified atom stereocenters. The number of benzene rings is 1. The normalized spacial score (nSPS) is 24.6. The quantitative estimate of drug-likeness (QED) is 0.673. The third-order valence-electron chi connectivity index (χ3n) is 5.74. The Kier molecular flexibility index (Phi) is 6.00. The summed E-state index contributed by atoms with van der Waals surface area (Å²) in [6, 6.07) is 6.47. The highest BCUT2D eigenvalue weighted by molar-refractivity contribution is 6.20. The highest BCUT2D eigenvalue weighted by atomic mass is 16.7. The number of carbonyl (C=O) groups is 3. The van der Waals surface area contributed by atoms with Crippen LogP contribution in [-0.4, -0.2) is 89.9 Å². The van der Waals surface area contributed by atoms with Crippen molar-refractivity contribution in [2.24, 2.45) is 0 Å². The van der Waals surface area contributed by atoms with Crippen LogP contribution in [0.2, 0.25) is 0 Å². The average molecular weight is 431 g/mol. The zero-order valence-corrected chi connectivity index (χ0v) is 18.2. The van der Waals surface area contributed by atoms with E-state index in [-0.39, 0.29) is 18.7 Å². The average Bonchev–Trinajstić information content (AvgIpc) is 3.26. The van der Waals surface area contributed by atoms with Crippen LogP contribution in [0.25, 0.3) is 0 Å². The van der Waals surface area contributed by atoms with E-state index in [1.165, 1.54) is 0 Å². The molecule has 0 aromatic heterocycles. The minimum Gasteiger partial charge on any atom is -0.444 e. The molecule has 2 atom stereocenters. The number of hydrogen-bond acceptors (Lipinski definition) is 7. The number of ether oxygens (including phenoxy) is 2. The lowest BCUT2D eigenvalue weighted by Crippen LogP contribution is -2.46. The fraction of sp³-hybridized carbons (Fsp3) is 0.591. The van der Waals surface area contributed by atoms with Gasteiger partial charge in [0.15, 0.2) is 0 Å². The molecule has 3 heterocycles. The SMILES string of the molecule is CC(C)(C)OC(=O)N1C[C@@H](N2CCOCC2)C[C@@H]1CON1C(=O)c2ccccc2C1=O. The molecule has 0 bridgehead atoms. The van der Waals surface area contributed by atoms with E-state index in [4.69, 9.17) is 14.3 Å². The standard InChI is InChI=1S/C22H29N3O6/c1-22(2,3)31-21(28)24-13-15(23-8-10-29-11-9-23)12-16(24)14-30-25-19(26)17-6-4-5-7-18(17)20(25)27/h4-7,15-16H,8-14H2,1-3H3/t15-,16+/m0/s1. The summed E-state index contributed by atoms with van der Waals surface area (Å²) in [5.41, 5.74) is 0.0328. The van der Waals surface area contributed by atoms with Gasteiger partial charge in [0.1, 0.15) is 5.60 Å². The van der Waals surface area contributed by atoms with Gasteiger partial charge in [-0.25, -0.2) is 4.79 Å². The molecule has 2 fully saturated rings. The van der Waals surface area contributed by atoms with Crippen LogP contribution in [0.15, 0.2) is 24.3 Å². The third kappa shape index (κ3) is 4.58. The van der Waals surface area contributed by atoms with Crippen molar-refractivity contribution >= 4 is 17.9 Å². The molecule has 3 aliphatic heterocycles. The summed E-state index contributed by atoms with van der Waals surface area (Å²) < 4.78 is 11.0. The maximum Gasteiger partial charge on any atom is 0.410 e. The van der Waals surface area contributed by atoms with Gasteiger partial charge in [-0.3, -0.25) is 19.3 Å². The smallest absolute Gasteiger partial charge is 0.410 e. The second-order valence-electron chi connectivity index (χ2n) is 9.07. The first-order valence-corrected chi connectivity index (χ1v) is 10.7. The number of nitrogens with zero attached hydrogens (tertiary/aromatic N) is 3. The van der Waals surface area contributed by atoms with Gasteiger partial charge in [0.25, 0.3) is 11.8 Å². The van der Waals surface area contributed by atoms with Crippen LogP contribution < -0.4 is 0 Å². The van der Waals surface area contributed by atoms with Crippen LogP contribution in [0.4, 0.5) is 4.79 Å². The first kappa shape index (κ1) is 21.7. The van der Waals surface area contributed by atoms with Crippen LogP contribution in [0.3, 0.4) is 0 Å². The molecule has 3 aliphatic rings. The lowest BCUT2D eigenvalue weighted by molar-refractivity contribution is -0.104. The highest BCUT2D eigenvalue weighted by Gasteiger charge is 2.42. The van der Waals surface area contributed by atoms with Crippen LogP contribution in [0, 0.1) is 0 Å². The van der Waals surface area contributed by atoms with E-state index < -0.39 is 23.5 Å². The molecule has 1 aromatic carbocycles. The Bertz CT molecular complexity index is 826. The summed E-state index contributed by atoms with van der Waals surface area (Å²) in [6.45, 7) is 8.95. The molecule has 0 saturated carbocycles. The van der Waals surface area contributed by atoms with E-state index in [0.717, 1.165) is 18.2 Å². The first-order chi connectivity index (χ1) is 14.7. The van der Waals surface area contributed by atoms with E-state index in [1.54, 1.807) is 29.2 Å². The minimum absolute atomic E-state index is 0.0333. The van der Waals surface area contributed by atoms with Gasteiger partial charge in [0, 0.05) is 25.7 Å². The second-order valence-corrected chi connectivity index (χ2v) is 9.07. The zero-order valence-electron chi connectivity index (χ0n) is 18.2. The summed E-state index contributed by atoms with van der Waals surface area (Å²) >= 11 is 0. The lowest BCUT2D eigenvalue weighted by Gasteiger charge is -2.32. The number of hydroxylamine groups is 2. The highest BCUT2D eigenvalue weighted by Crippen LogP contribution is 2.28. The molecule has 0 aliphatic carbocycles. The molecule has 168 valence electrons. The Morgan fingerprint density at radius 3 is 2.29 bits per heavy atom. The topological polar surface area (TPSA) is 88.6 Å². The number of morpholine rings is 1. The van der Waals surface area contributed by atoms with Gasteiger partial charge in [-0.2, -0.15) is 0 Å². The van der Waals surface area contributed by atoms with Gasteiger partial charge in [-0.05, 0) is 39.3 Å². The molecule has 1 aromatic rings. The number of carbonyl (C=O) groups excluding carboxylic acids is 3. The third-order valence-corrected chi connectivity index (χ3v) is 5.74. The van der Waals surface area contributed by atoms with Crippen molar-refractivity contribution in [2.75, 3.05) is 39.5 Å². The summed E-state index contributed by atoms with van der Waals surface area (Å²) in [5, 5.41) is 0.806. The Labute approximate surface area is 181 Å². The monoisotopic (exact) mass is 431 g/mol. The number of likely N-dealkylation sites (tertiary alicyclic amines) is 1. The minimum atomic E-state index is -0.623. The van der Waals surface area contributed by atoms with Gasteiger partial charge in [0.2, 0.25) is 0 Å². The number of imide groups is 1. The summed E-state index contributed by atoms with van der Waals surface area (Å²) in [7, 11) is 0. The largest absolute Gasteiger partial charge is 0.444 e. The molecule has 9 nitrogen and oxygen atoms in total. The molecular formula is C22H29N3O6. The van der Waals surface area contributed by atoms with Gasteiger partial charge in [0.05, 0.1) is 37.0 Å².